The third-order valence-electron chi connectivity index (χ3n) is 7.49. The number of nitrogens with one attached hydrogen (secondary N) is 1. The summed E-state index contributed by atoms with van der Waals surface area (Å²) in [5.41, 5.74) is 7.18. The van der Waals surface area contributed by atoms with Crippen LogP contribution in [0.1, 0.15) is 57.6 Å². The highest BCUT2D eigenvalue weighted by Crippen LogP contribution is 2.32. The summed E-state index contributed by atoms with van der Waals surface area (Å²) in [6.45, 7) is 7.56. The first-order valence-electron chi connectivity index (χ1n) is 13.9. The summed E-state index contributed by atoms with van der Waals surface area (Å²) >= 11 is 1.53. The minimum absolute atomic E-state index is 0. The Morgan fingerprint density at radius 1 is 1.10 bits per heavy atom. The molecular formula is C30H44ClN3O5S2. The lowest BCUT2D eigenvalue weighted by Gasteiger charge is -2.34. The summed E-state index contributed by atoms with van der Waals surface area (Å²) in [6.07, 6.45) is 3.15. The average molecular weight is 626 g/mol. The number of benzene rings is 2. The number of nitrogens with zero attached hydrogens (tertiary/aromatic N) is 1. The second kappa shape index (κ2) is 16.5. The molecule has 1 aliphatic heterocycles. The lowest BCUT2D eigenvalue weighted by Crippen LogP contribution is -2.52. The summed E-state index contributed by atoms with van der Waals surface area (Å²) < 4.78 is 35.0. The zero-order valence-electron chi connectivity index (χ0n) is 24.2. The van der Waals surface area contributed by atoms with Crippen LogP contribution in [0.25, 0.3) is 0 Å². The van der Waals surface area contributed by atoms with Gasteiger partial charge in [0, 0.05) is 31.2 Å². The molecule has 228 valence electrons. The van der Waals surface area contributed by atoms with Gasteiger partial charge in [-0.2, -0.15) is 16.5 Å². The van der Waals surface area contributed by atoms with Crippen molar-refractivity contribution in [2.75, 3.05) is 37.7 Å². The smallest absolute Gasteiger partial charge is 0.302 e. The van der Waals surface area contributed by atoms with E-state index in [1.165, 1.54) is 18.7 Å². The fraction of sp³-hybridized carbons (Fsp3) is 0.533. The molecule has 11 heteroatoms. The fourth-order valence-corrected chi connectivity index (χ4v) is 7.24. The molecule has 1 heterocycles. The topological polar surface area (TPSA) is 119 Å². The van der Waals surface area contributed by atoms with Gasteiger partial charge in [-0.1, -0.05) is 56.3 Å². The van der Waals surface area contributed by atoms with E-state index < -0.39 is 21.5 Å². The Balaban J connectivity index is 0.00000588. The number of halogens is 1. The lowest BCUT2D eigenvalue weighted by molar-refractivity contribution is -0.141. The molecule has 0 bridgehead atoms. The van der Waals surface area contributed by atoms with Crippen molar-refractivity contribution in [2.45, 2.75) is 62.8 Å². The van der Waals surface area contributed by atoms with Gasteiger partial charge in [0.15, 0.2) is 0 Å². The van der Waals surface area contributed by atoms with Gasteiger partial charge in [-0.25, -0.2) is 8.42 Å². The van der Waals surface area contributed by atoms with Crippen molar-refractivity contribution in [3.8, 4) is 0 Å². The molecule has 3 rings (SSSR count). The van der Waals surface area contributed by atoms with Crippen LogP contribution in [0.4, 0.5) is 0 Å². The lowest BCUT2D eigenvalue weighted by atomic mass is 9.78. The number of sulfonamides is 1. The van der Waals surface area contributed by atoms with E-state index in [0.717, 1.165) is 42.6 Å². The molecule has 1 fully saturated rings. The molecule has 2 aromatic carbocycles. The number of thioether (sulfide) groups is 1. The van der Waals surface area contributed by atoms with Crippen LogP contribution in [-0.4, -0.2) is 69.0 Å². The molecule has 0 spiro atoms. The van der Waals surface area contributed by atoms with E-state index in [9.17, 15) is 18.0 Å². The number of esters is 1. The number of hydrogen-bond acceptors (Lipinski definition) is 7. The number of piperidine rings is 1. The highest BCUT2D eigenvalue weighted by atomic mass is 35.5. The third kappa shape index (κ3) is 10.3. The molecule has 0 radical (unpaired) electrons. The van der Waals surface area contributed by atoms with E-state index in [-0.39, 0.29) is 29.2 Å². The van der Waals surface area contributed by atoms with Crippen LogP contribution in [0.2, 0.25) is 0 Å². The minimum atomic E-state index is -3.97. The van der Waals surface area contributed by atoms with Crippen molar-refractivity contribution in [1.82, 2.24) is 9.62 Å². The monoisotopic (exact) mass is 625 g/mol. The molecule has 1 atom stereocenters. The maximum Gasteiger partial charge on any atom is 0.302 e. The van der Waals surface area contributed by atoms with Crippen LogP contribution >= 0.6 is 24.2 Å². The molecule has 1 amide bonds. The number of carbonyl (C=O) groups excluding carboxylic acids is 2. The van der Waals surface area contributed by atoms with Gasteiger partial charge in [-0.3, -0.25) is 9.59 Å². The number of carbonyl (C=O) groups is 2. The van der Waals surface area contributed by atoms with Crippen molar-refractivity contribution in [3.63, 3.8) is 0 Å². The van der Waals surface area contributed by atoms with Crippen molar-refractivity contribution in [2.24, 2.45) is 11.7 Å². The Morgan fingerprint density at radius 3 is 2.39 bits per heavy atom. The van der Waals surface area contributed by atoms with E-state index >= 15 is 0 Å². The number of nitrogens with two attached hydrogens (primary N) is 1. The van der Waals surface area contributed by atoms with Gasteiger partial charge >= 0.3 is 5.97 Å². The quantitative estimate of drug-likeness (QED) is 0.237. The largest absolute Gasteiger partial charge is 0.466 e. The molecule has 41 heavy (non-hydrogen) atoms. The zero-order chi connectivity index (χ0) is 29.2. The molecule has 2 aromatic rings. The van der Waals surface area contributed by atoms with E-state index in [1.807, 2.05) is 36.4 Å². The second-order valence-corrected chi connectivity index (χ2v) is 13.7. The average Bonchev–Trinajstić information content (AvgIpc) is 2.95. The third-order valence-corrected chi connectivity index (χ3v) is 10.1. The Hall–Kier alpha value is -2.11. The van der Waals surface area contributed by atoms with Crippen molar-refractivity contribution in [1.29, 1.82) is 0 Å². The Labute approximate surface area is 255 Å². The van der Waals surface area contributed by atoms with Gasteiger partial charge < -0.3 is 15.4 Å². The number of hydrogen-bond donors (Lipinski definition) is 2. The van der Waals surface area contributed by atoms with Crippen LogP contribution in [0.15, 0.2) is 59.5 Å². The first-order chi connectivity index (χ1) is 19.0. The molecule has 0 saturated carbocycles. The predicted octanol–water partition coefficient (Wildman–Crippen LogP) is 4.36. The molecule has 0 aliphatic carbocycles. The molecule has 1 aliphatic rings. The minimum Gasteiger partial charge on any atom is -0.466 e. The molecule has 0 aromatic heterocycles. The molecular weight excluding hydrogens is 582 g/mol. The Kier molecular flexibility index (Phi) is 14.1. The Morgan fingerprint density at radius 2 is 1.76 bits per heavy atom. The summed E-state index contributed by atoms with van der Waals surface area (Å²) in [5, 5.41) is 0. The fourth-order valence-electron chi connectivity index (χ4n) is 4.90. The molecule has 3 N–H and O–H groups in total. The van der Waals surface area contributed by atoms with E-state index in [1.54, 1.807) is 23.1 Å². The summed E-state index contributed by atoms with van der Waals surface area (Å²) in [7, 11) is -3.97. The summed E-state index contributed by atoms with van der Waals surface area (Å²) in [6, 6.07) is 16.1. The molecule has 8 nitrogen and oxygen atoms in total. The maximum absolute atomic E-state index is 13.6. The number of amides is 1. The molecule has 0 unspecified atom stereocenters. The van der Waals surface area contributed by atoms with E-state index in [2.05, 4.69) is 18.6 Å². The van der Waals surface area contributed by atoms with Crippen molar-refractivity contribution < 1.29 is 22.7 Å². The zero-order valence-corrected chi connectivity index (χ0v) is 26.7. The number of ether oxygens (including phenoxy) is 1. The van der Waals surface area contributed by atoms with Gasteiger partial charge in [-0.15, -0.1) is 12.4 Å². The van der Waals surface area contributed by atoms with Gasteiger partial charge in [0.2, 0.25) is 15.9 Å². The van der Waals surface area contributed by atoms with E-state index in [4.69, 9.17) is 10.5 Å². The standard InChI is InChI=1S/C30H43N3O5S2.ClH/c1-23(34)38-19-15-24-13-17-33(18-14-24)29(35)28(22-39-20-8-16-31)32-40(36,37)27-12-7-11-26(21-27)30(2,3)25-9-5-4-6-10-25;/h4-7,9-12,21,24,28,32H,8,13-20,22,31H2,1-3H3;1H/t28-;/m0./s1. The predicted molar refractivity (Wildman–Crippen MR) is 168 cm³/mol. The van der Waals surface area contributed by atoms with Crippen molar-refractivity contribution >= 4 is 46.1 Å². The highest BCUT2D eigenvalue weighted by Gasteiger charge is 2.32. The summed E-state index contributed by atoms with van der Waals surface area (Å²) in [4.78, 5) is 26.5. The van der Waals surface area contributed by atoms with Gasteiger partial charge in [0.1, 0.15) is 6.04 Å². The second-order valence-electron chi connectivity index (χ2n) is 10.8. The number of rotatable bonds is 14. The Bertz CT molecular complexity index is 1220. The maximum atomic E-state index is 13.6. The van der Waals surface area contributed by atoms with Crippen LogP contribution in [0.5, 0.6) is 0 Å². The van der Waals surface area contributed by atoms with E-state index in [0.29, 0.717) is 37.9 Å². The first-order valence-corrected chi connectivity index (χ1v) is 16.6. The van der Waals surface area contributed by atoms with Crippen LogP contribution in [0, 0.1) is 5.92 Å². The van der Waals surface area contributed by atoms with Crippen LogP contribution in [0.3, 0.4) is 0 Å². The van der Waals surface area contributed by atoms with Crippen LogP contribution in [-0.2, 0) is 29.8 Å². The van der Waals surface area contributed by atoms with Gasteiger partial charge in [0.05, 0.1) is 11.5 Å². The van der Waals surface area contributed by atoms with Crippen LogP contribution < -0.4 is 10.5 Å². The molecule has 1 saturated heterocycles. The van der Waals surface area contributed by atoms with Crippen molar-refractivity contribution in [3.05, 3.63) is 65.7 Å². The number of likely N-dealkylation sites (tertiary alicyclic amines) is 1. The normalized spacial score (nSPS) is 15.2. The van der Waals surface area contributed by atoms with Gasteiger partial charge in [0.25, 0.3) is 0 Å². The highest BCUT2D eigenvalue weighted by molar-refractivity contribution is 7.99. The first kappa shape index (κ1) is 35.1. The SMILES string of the molecule is CC(=O)OCCC1CCN(C(=O)[C@H](CSCCCN)NS(=O)(=O)c2cccc(C(C)(C)c3ccccc3)c2)CC1.Cl. The summed E-state index contributed by atoms with van der Waals surface area (Å²) in [5.74, 6) is 0.959. The van der Waals surface area contributed by atoms with Gasteiger partial charge in [-0.05, 0) is 67.2 Å².